The van der Waals surface area contributed by atoms with Gasteiger partial charge in [-0.05, 0) is 43.0 Å². The van der Waals surface area contributed by atoms with Crippen molar-refractivity contribution in [3.05, 3.63) is 53.5 Å². The van der Waals surface area contributed by atoms with Crippen molar-refractivity contribution in [2.45, 2.75) is 44.9 Å². The maximum Gasteiger partial charge on any atom is 0.251 e. The number of carbonyl (C=O) groups excluding carboxylic acids is 2. The summed E-state index contributed by atoms with van der Waals surface area (Å²) in [6.07, 6.45) is 5.36. The Morgan fingerprint density at radius 1 is 1.18 bits per heavy atom. The lowest BCUT2D eigenvalue weighted by atomic mass is 10.0. The number of piperidine rings is 1. The number of amides is 2. The molecule has 0 aliphatic carbocycles. The number of fused-ring (bicyclic) bond motifs is 1. The van der Waals surface area contributed by atoms with Crippen LogP contribution in [0.3, 0.4) is 0 Å². The highest BCUT2D eigenvalue weighted by molar-refractivity contribution is 5.94. The molecule has 4 rings (SSSR count). The first kappa shape index (κ1) is 23.1. The number of likely N-dealkylation sites (tertiary alicyclic amines) is 1. The number of aliphatic hydroxyl groups is 1. The van der Waals surface area contributed by atoms with E-state index >= 15 is 0 Å². The molecule has 33 heavy (non-hydrogen) atoms. The van der Waals surface area contributed by atoms with E-state index in [9.17, 15) is 14.7 Å². The molecule has 4 heterocycles. The lowest BCUT2D eigenvalue weighted by molar-refractivity contribution is -0.129. The van der Waals surface area contributed by atoms with Gasteiger partial charge in [-0.15, -0.1) is 0 Å². The molecule has 176 valence electrons. The molecule has 0 bridgehead atoms. The summed E-state index contributed by atoms with van der Waals surface area (Å²) >= 11 is 0. The van der Waals surface area contributed by atoms with Crippen molar-refractivity contribution >= 4 is 17.6 Å². The van der Waals surface area contributed by atoms with E-state index in [0.717, 1.165) is 44.6 Å². The van der Waals surface area contributed by atoms with Gasteiger partial charge in [0.1, 0.15) is 5.82 Å². The normalized spacial score (nSPS) is 17.8. The molecule has 9 heteroatoms. The minimum absolute atomic E-state index is 0.106. The van der Waals surface area contributed by atoms with Crippen LogP contribution < -0.4 is 10.6 Å². The number of nitrogens with zero attached hydrogens (tertiary/aromatic N) is 4. The molecular formula is C24H32N6O3. The number of aliphatic hydroxyl groups excluding tert-OH is 1. The van der Waals surface area contributed by atoms with Crippen LogP contribution >= 0.6 is 0 Å². The third-order valence-electron chi connectivity index (χ3n) is 6.34. The van der Waals surface area contributed by atoms with Crippen LogP contribution in [-0.4, -0.2) is 81.6 Å². The van der Waals surface area contributed by atoms with Crippen molar-refractivity contribution in [3.63, 3.8) is 0 Å². The van der Waals surface area contributed by atoms with E-state index < -0.39 is 6.10 Å². The van der Waals surface area contributed by atoms with Gasteiger partial charge in [0.2, 0.25) is 5.91 Å². The topological polar surface area (TPSA) is 111 Å². The SMILES string of the molecule is CC(=O)N1CCC(Nc2cc(C(=O)NC[C@H](O)CN3CCc4cccnc4C3)ccn2)CC1. The number of pyridine rings is 2. The molecule has 0 aromatic carbocycles. The quantitative estimate of drug-likeness (QED) is 0.576. The molecule has 2 amide bonds. The summed E-state index contributed by atoms with van der Waals surface area (Å²) in [6.45, 7) is 5.29. The number of aromatic nitrogens is 2. The lowest BCUT2D eigenvalue weighted by Gasteiger charge is -2.32. The van der Waals surface area contributed by atoms with Crippen LogP contribution in [0.1, 0.15) is 41.4 Å². The van der Waals surface area contributed by atoms with Crippen molar-refractivity contribution in [1.29, 1.82) is 0 Å². The van der Waals surface area contributed by atoms with Crippen LogP contribution in [0.25, 0.3) is 0 Å². The molecule has 0 spiro atoms. The highest BCUT2D eigenvalue weighted by Crippen LogP contribution is 2.17. The van der Waals surface area contributed by atoms with E-state index in [1.807, 2.05) is 11.0 Å². The van der Waals surface area contributed by atoms with Gasteiger partial charge in [-0.1, -0.05) is 6.07 Å². The molecule has 1 fully saturated rings. The number of β-amino-alcohol motifs (C(OH)–C–C–N with tert-alkyl or cyclic N) is 1. The van der Waals surface area contributed by atoms with E-state index in [-0.39, 0.29) is 24.4 Å². The van der Waals surface area contributed by atoms with Gasteiger partial charge in [-0.25, -0.2) is 4.98 Å². The molecule has 2 aliphatic heterocycles. The van der Waals surface area contributed by atoms with Crippen LogP contribution in [0.2, 0.25) is 0 Å². The van der Waals surface area contributed by atoms with Gasteiger partial charge in [0.15, 0.2) is 0 Å². The lowest BCUT2D eigenvalue weighted by Crippen LogP contribution is -2.42. The molecule has 0 saturated carbocycles. The number of nitrogens with one attached hydrogen (secondary N) is 2. The predicted octanol–water partition coefficient (Wildman–Crippen LogP) is 1.05. The second-order valence-electron chi connectivity index (χ2n) is 8.81. The third kappa shape index (κ3) is 6.27. The van der Waals surface area contributed by atoms with Crippen molar-refractivity contribution in [3.8, 4) is 0 Å². The van der Waals surface area contributed by atoms with Crippen molar-refractivity contribution in [1.82, 2.24) is 25.1 Å². The Morgan fingerprint density at radius 3 is 2.79 bits per heavy atom. The van der Waals surface area contributed by atoms with Crippen molar-refractivity contribution < 1.29 is 14.7 Å². The number of hydrogen-bond donors (Lipinski definition) is 3. The largest absolute Gasteiger partial charge is 0.390 e. The fourth-order valence-corrected chi connectivity index (χ4v) is 4.44. The molecule has 1 saturated heterocycles. The average Bonchev–Trinajstić information content (AvgIpc) is 2.83. The fourth-order valence-electron chi connectivity index (χ4n) is 4.44. The Labute approximate surface area is 194 Å². The first-order valence-electron chi connectivity index (χ1n) is 11.6. The summed E-state index contributed by atoms with van der Waals surface area (Å²) < 4.78 is 0. The summed E-state index contributed by atoms with van der Waals surface area (Å²) in [5, 5.41) is 16.6. The fraction of sp³-hybridized carbons (Fsp3) is 0.500. The van der Waals surface area contributed by atoms with Crippen LogP contribution in [0.4, 0.5) is 5.82 Å². The molecule has 3 N–H and O–H groups in total. The highest BCUT2D eigenvalue weighted by Gasteiger charge is 2.22. The summed E-state index contributed by atoms with van der Waals surface area (Å²) in [6, 6.07) is 7.67. The van der Waals surface area contributed by atoms with Gasteiger partial charge in [0.25, 0.3) is 5.91 Å². The first-order chi connectivity index (χ1) is 16.0. The Morgan fingerprint density at radius 2 is 2.00 bits per heavy atom. The average molecular weight is 453 g/mol. The summed E-state index contributed by atoms with van der Waals surface area (Å²) in [5.74, 6) is 0.509. The second-order valence-corrected chi connectivity index (χ2v) is 8.81. The molecule has 2 aromatic heterocycles. The Balaban J connectivity index is 1.23. The zero-order chi connectivity index (χ0) is 23.2. The monoisotopic (exact) mass is 452 g/mol. The third-order valence-corrected chi connectivity index (χ3v) is 6.34. The zero-order valence-corrected chi connectivity index (χ0v) is 19.0. The molecule has 2 aliphatic rings. The Bertz CT molecular complexity index is 976. The first-order valence-corrected chi connectivity index (χ1v) is 11.6. The minimum Gasteiger partial charge on any atom is -0.390 e. The van der Waals surface area contributed by atoms with Gasteiger partial charge < -0.3 is 20.6 Å². The van der Waals surface area contributed by atoms with Crippen LogP contribution in [-0.2, 0) is 17.8 Å². The van der Waals surface area contributed by atoms with Crippen molar-refractivity contribution in [2.24, 2.45) is 0 Å². The Kier molecular flexibility index (Phi) is 7.51. The molecule has 0 radical (unpaired) electrons. The van der Waals surface area contributed by atoms with Gasteiger partial charge in [-0.2, -0.15) is 0 Å². The maximum absolute atomic E-state index is 12.6. The summed E-state index contributed by atoms with van der Waals surface area (Å²) in [7, 11) is 0. The Hall–Kier alpha value is -3.04. The number of carbonyl (C=O) groups is 2. The number of hydrogen-bond acceptors (Lipinski definition) is 7. The van der Waals surface area contributed by atoms with Gasteiger partial charge in [-0.3, -0.25) is 19.5 Å². The smallest absolute Gasteiger partial charge is 0.251 e. The molecule has 1 atom stereocenters. The molecule has 0 unspecified atom stereocenters. The van der Waals surface area contributed by atoms with Gasteiger partial charge >= 0.3 is 0 Å². The van der Waals surface area contributed by atoms with Crippen LogP contribution in [0.5, 0.6) is 0 Å². The summed E-state index contributed by atoms with van der Waals surface area (Å²) in [5.41, 5.74) is 2.82. The van der Waals surface area contributed by atoms with E-state index in [0.29, 0.717) is 24.5 Å². The predicted molar refractivity (Wildman–Crippen MR) is 125 cm³/mol. The highest BCUT2D eigenvalue weighted by atomic mass is 16.3. The molecular weight excluding hydrogens is 420 g/mol. The van der Waals surface area contributed by atoms with E-state index in [1.54, 1.807) is 31.5 Å². The van der Waals surface area contributed by atoms with E-state index in [2.05, 4.69) is 31.6 Å². The molecule has 9 nitrogen and oxygen atoms in total. The number of anilines is 1. The number of rotatable bonds is 7. The van der Waals surface area contributed by atoms with Crippen LogP contribution in [0.15, 0.2) is 36.7 Å². The van der Waals surface area contributed by atoms with Crippen molar-refractivity contribution in [2.75, 3.05) is 38.0 Å². The second kappa shape index (κ2) is 10.7. The molecule has 2 aromatic rings. The van der Waals surface area contributed by atoms with Gasteiger partial charge in [0.05, 0.1) is 11.8 Å². The minimum atomic E-state index is -0.662. The van der Waals surface area contributed by atoms with E-state index in [1.165, 1.54) is 5.56 Å². The van der Waals surface area contributed by atoms with E-state index in [4.69, 9.17) is 0 Å². The summed E-state index contributed by atoms with van der Waals surface area (Å²) in [4.78, 5) is 36.9. The standard InChI is InChI=1S/C24H32N6O3/c1-17(31)30-11-6-20(7-12-30)28-23-13-19(4-9-26-23)24(33)27-14-21(32)15-29-10-5-18-3-2-8-25-22(18)16-29/h2-4,8-9,13,20-21,32H,5-7,10-12,14-16H2,1H3,(H,26,28)(H,27,33)/t21-/m0/s1. The van der Waals surface area contributed by atoms with Gasteiger partial charge in [0, 0.05) is 70.2 Å². The zero-order valence-electron chi connectivity index (χ0n) is 19.0. The maximum atomic E-state index is 12.6. The van der Waals surface area contributed by atoms with Crippen LogP contribution in [0, 0.1) is 0 Å².